The Hall–Kier alpha value is -2.56. The maximum atomic E-state index is 6.55. The molecule has 1 aliphatic rings. The van der Waals surface area contributed by atoms with Crippen molar-refractivity contribution in [1.82, 2.24) is 0 Å². The number of methoxy groups -OCH3 is 1. The summed E-state index contributed by atoms with van der Waals surface area (Å²) < 4.78 is 13.1. The molecule has 4 heteroatoms. The Morgan fingerprint density at radius 1 is 0.839 bits per heavy atom. The standard InChI is InChI=1S/C27H26O2S2/c1-28-24-15-13-21(14-16-24)19-25(23-11-6-3-7-12-23)26(27-30-17-8-18-31-27)29-20-22-9-4-2-5-10-22/h2-7,9-16,19H,8,17-18,20H2,1H3. The molecule has 1 saturated heterocycles. The SMILES string of the molecule is COc1ccc(C=C(C(OCc2ccccc2)=C2SCCCS2)c2ccccc2)cc1. The van der Waals surface area contributed by atoms with E-state index in [2.05, 4.69) is 72.8 Å². The molecule has 1 fully saturated rings. The number of ether oxygens (including phenoxy) is 2. The summed E-state index contributed by atoms with van der Waals surface area (Å²) in [6.07, 6.45) is 3.45. The Kier molecular flexibility index (Phi) is 7.81. The van der Waals surface area contributed by atoms with Gasteiger partial charge >= 0.3 is 0 Å². The molecule has 0 spiro atoms. The quantitative estimate of drug-likeness (QED) is 0.276. The Balaban J connectivity index is 1.76. The van der Waals surface area contributed by atoms with Gasteiger partial charge in [0, 0.05) is 5.57 Å². The third-order valence-corrected chi connectivity index (χ3v) is 7.51. The molecule has 0 unspecified atom stereocenters. The van der Waals surface area contributed by atoms with E-state index >= 15 is 0 Å². The van der Waals surface area contributed by atoms with Gasteiger partial charge in [-0.1, -0.05) is 72.8 Å². The minimum Gasteiger partial charge on any atom is -0.497 e. The summed E-state index contributed by atoms with van der Waals surface area (Å²) in [6.45, 7) is 0.549. The van der Waals surface area contributed by atoms with E-state index in [1.165, 1.54) is 16.2 Å². The van der Waals surface area contributed by atoms with Gasteiger partial charge in [-0.2, -0.15) is 0 Å². The molecule has 0 aliphatic carbocycles. The predicted molar refractivity (Wildman–Crippen MR) is 135 cm³/mol. The third-order valence-electron chi connectivity index (χ3n) is 4.92. The first-order valence-electron chi connectivity index (χ1n) is 10.4. The van der Waals surface area contributed by atoms with Crippen molar-refractivity contribution >= 4 is 35.2 Å². The maximum Gasteiger partial charge on any atom is 0.147 e. The number of rotatable bonds is 7. The average Bonchev–Trinajstić information content (AvgIpc) is 2.86. The normalized spacial score (nSPS) is 14.2. The fourth-order valence-corrected chi connectivity index (χ4v) is 5.87. The number of hydrogen-bond donors (Lipinski definition) is 0. The predicted octanol–water partition coefficient (Wildman–Crippen LogP) is 7.49. The number of allylic oxidation sites excluding steroid dienone is 1. The van der Waals surface area contributed by atoms with E-state index in [1.54, 1.807) is 7.11 Å². The number of thioether (sulfide) groups is 2. The fraction of sp³-hybridized carbons (Fsp3) is 0.185. The molecule has 0 amide bonds. The van der Waals surface area contributed by atoms with Crippen molar-refractivity contribution in [2.45, 2.75) is 13.0 Å². The zero-order chi connectivity index (χ0) is 21.3. The smallest absolute Gasteiger partial charge is 0.147 e. The molecule has 3 aromatic carbocycles. The highest BCUT2D eigenvalue weighted by molar-refractivity contribution is 8.22. The van der Waals surface area contributed by atoms with Crippen LogP contribution in [0.2, 0.25) is 0 Å². The summed E-state index contributed by atoms with van der Waals surface area (Å²) in [5, 5.41) is 0. The number of hydrogen-bond acceptors (Lipinski definition) is 4. The lowest BCUT2D eigenvalue weighted by molar-refractivity contribution is 0.215. The van der Waals surface area contributed by atoms with E-state index in [-0.39, 0.29) is 0 Å². The van der Waals surface area contributed by atoms with E-state index < -0.39 is 0 Å². The highest BCUT2D eigenvalue weighted by Gasteiger charge is 2.19. The van der Waals surface area contributed by atoms with Crippen LogP contribution in [0.25, 0.3) is 11.6 Å². The second-order valence-electron chi connectivity index (χ2n) is 7.14. The van der Waals surface area contributed by atoms with Gasteiger partial charge in [0.25, 0.3) is 0 Å². The van der Waals surface area contributed by atoms with Gasteiger partial charge in [0.2, 0.25) is 0 Å². The van der Waals surface area contributed by atoms with Crippen LogP contribution in [-0.2, 0) is 11.3 Å². The molecule has 3 aromatic rings. The molecule has 31 heavy (non-hydrogen) atoms. The van der Waals surface area contributed by atoms with Crippen molar-refractivity contribution < 1.29 is 9.47 Å². The lowest BCUT2D eigenvalue weighted by Crippen LogP contribution is -2.03. The van der Waals surface area contributed by atoms with E-state index in [0.29, 0.717) is 6.61 Å². The monoisotopic (exact) mass is 446 g/mol. The Labute approximate surface area is 193 Å². The van der Waals surface area contributed by atoms with E-state index in [4.69, 9.17) is 9.47 Å². The van der Waals surface area contributed by atoms with Crippen molar-refractivity contribution in [1.29, 1.82) is 0 Å². The van der Waals surface area contributed by atoms with Crippen LogP contribution in [0.3, 0.4) is 0 Å². The van der Waals surface area contributed by atoms with Crippen LogP contribution >= 0.6 is 23.5 Å². The summed E-state index contributed by atoms with van der Waals surface area (Å²) in [6, 6.07) is 29.1. The van der Waals surface area contributed by atoms with Crippen LogP contribution in [0, 0.1) is 0 Å². The maximum absolute atomic E-state index is 6.55. The summed E-state index contributed by atoms with van der Waals surface area (Å²) in [4.78, 5) is 0. The van der Waals surface area contributed by atoms with Crippen LogP contribution in [0.1, 0.15) is 23.1 Å². The van der Waals surface area contributed by atoms with Gasteiger partial charge in [0.05, 0.1) is 11.3 Å². The largest absolute Gasteiger partial charge is 0.497 e. The average molecular weight is 447 g/mol. The second kappa shape index (κ2) is 11.2. The van der Waals surface area contributed by atoms with E-state index in [9.17, 15) is 0 Å². The van der Waals surface area contributed by atoms with Crippen LogP contribution in [0.15, 0.2) is 94.9 Å². The minimum absolute atomic E-state index is 0.549. The molecule has 0 atom stereocenters. The van der Waals surface area contributed by atoms with Crippen molar-refractivity contribution in [3.05, 3.63) is 112 Å². The molecular formula is C27H26O2S2. The molecule has 2 nitrogen and oxygen atoms in total. The van der Waals surface area contributed by atoms with Gasteiger partial charge in [-0.15, -0.1) is 23.5 Å². The van der Waals surface area contributed by atoms with Gasteiger partial charge in [0.1, 0.15) is 18.1 Å². The van der Waals surface area contributed by atoms with Crippen molar-refractivity contribution in [3.63, 3.8) is 0 Å². The molecule has 0 saturated carbocycles. The minimum atomic E-state index is 0.549. The van der Waals surface area contributed by atoms with Gasteiger partial charge < -0.3 is 9.47 Å². The highest BCUT2D eigenvalue weighted by Crippen LogP contribution is 2.42. The molecule has 1 heterocycles. The molecule has 0 radical (unpaired) electrons. The van der Waals surface area contributed by atoms with Crippen LogP contribution < -0.4 is 4.74 Å². The molecule has 1 aliphatic heterocycles. The summed E-state index contributed by atoms with van der Waals surface area (Å²) in [5.74, 6) is 4.09. The van der Waals surface area contributed by atoms with Crippen molar-refractivity contribution in [2.75, 3.05) is 18.6 Å². The van der Waals surface area contributed by atoms with Gasteiger partial charge in [-0.25, -0.2) is 0 Å². The van der Waals surface area contributed by atoms with Crippen LogP contribution in [0.5, 0.6) is 5.75 Å². The van der Waals surface area contributed by atoms with Gasteiger partial charge in [0.15, 0.2) is 0 Å². The van der Waals surface area contributed by atoms with Crippen LogP contribution in [-0.4, -0.2) is 18.6 Å². The van der Waals surface area contributed by atoms with E-state index in [0.717, 1.165) is 39.7 Å². The van der Waals surface area contributed by atoms with Crippen molar-refractivity contribution in [2.24, 2.45) is 0 Å². The third kappa shape index (κ3) is 5.99. The molecule has 0 aromatic heterocycles. The highest BCUT2D eigenvalue weighted by atomic mass is 32.2. The lowest BCUT2D eigenvalue weighted by Gasteiger charge is -2.21. The Morgan fingerprint density at radius 3 is 2.13 bits per heavy atom. The summed E-state index contributed by atoms with van der Waals surface area (Å²) in [7, 11) is 1.69. The molecule has 4 rings (SSSR count). The first-order valence-corrected chi connectivity index (χ1v) is 12.4. The molecule has 158 valence electrons. The fourth-order valence-electron chi connectivity index (χ4n) is 3.30. The van der Waals surface area contributed by atoms with Crippen molar-refractivity contribution in [3.8, 4) is 5.75 Å². The zero-order valence-corrected chi connectivity index (χ0v) is 19.3. The Morgan fingerprint density at radius 2 is 1.48 bits per heavy atom. The van der Waals surface area contributed by atoms with Gasteiger partial charge in [-0.05, 0) is 52.8 Å². The number of benzene rings is 3. The Bertz CT molecular complexity index is 1020. The lowest BCUT2D eigenvalue weighted by atomic mass is 10.0. The van der Waals surface area contributed by atoms with Crippen LogP contribution in [0.4, 0.5) is 0 Å². The second-order valence-corrected chi connectivity index (χ2v) is 9.61. The zero-order valence-electron chi connectivity index (χ0n) is 17.6. The first-order chi connectivity index (χ1) is 15.3. The molecular weight excluding hydrogens is 420 g/mol. The molecule has 0 bridgehead atoms. The van der Waals surface area contributed by atoms with E-state index in [1.807, 2.05) is 41.7 Å². The van der Waals surface area contributed by atoms with Gasteiger partial charge in [-0.3, -0.25) is 0 Å². The summed E-state index contributed by atoms with van der Waals surface area (Å²) in [5.41, 5.74) is 4.55. The first kappa shape index (κ1) is 21.7. The molecule has 0 N–H and O–H groups in total. The topological polar surface area (TPSA) is 18.5 Å². The summed E-state index contributed by atoms with van der Waals surface area (Å²) >= 11 is 3.81.